The fourth-order valence-electron chi connectivity index (χ4n) is 1.12. The van der Waals surface area contributed by atoms with E-state index >= 15 is 0 Å². The summed E-state index contributed by atoms with van der Waals surface area (Å²) in [5, 5.41) is 0. The van der Waals surface area contributed by atoms with Crippen LogP contribution in [0.25, 0.3) is 0 Å². The molecule has 0 aromatic carbocycles. The maximum atomic E-state index is 6.04. The summed E-state index contributed by atoms with van der Waals surface area (Å²) in [6, 6.07) is 0. The van der Waals surface area contributed by atoms with Gasteiger partial charge in [0.2, 0.25) is 0 Å². The molecule has 8 heavy (non-hydrogen) atoms. The maximum Gasteiger partial charge on any atom is 0.0421 e. The molecule has 1 radical (unpaired) electrons. The third kappa shape index (κ3) is 1.66. The molecule has 1 aliphatic rings. The molecule has 1 saturated carbocycles. The van der Waals surface area contributed by atoms with Gasteiger partial charge in [-0.3, -0.25) is 0 Å². The molecule has 1 atom stereocenters. The summed E-state index contributed by atoms with van der Waals surface area (Å²) in [7, 11) is 0. The molecule has 0 aromatic rings. The van der Waals surface area contributed by atoms with Gasteiger partial charge in [-0.15, -0.1) is 11.6 Å². The highest BCUT2D eigenvalue weighted by atomic mass is 35.5. The summed E-state index contributed by atoms with van der Waals surface area (Å²) in [6.07, 6.45) is 7.11. The van der Waals surface area contributed by atoms with Gasteiger partial charge in [-0.05, 0) is 26.2 Å². The molecule has 1 fully saturated rings. The maximum absolute atomic E-state index is 6.04. The molecule has 1 aliphatic carbocycles. The molecule has 0 aliphatic heterocycles. The number of hydrogen-bond donors (Lipinski definition) is 0. The average Bonchev–Trinajstić information content (AvgIpc) is 1.65. The van der Waals surface area contributed by atoms with E-state index in [1.807, 2.05) is 0 Å². The van der Waals surface area contributed by atoms with E-state index in [1.54, 1.807) is 0 Å². The zero-order valence-corrected chi connectivity index (χ0v) is 6.04. The second-order valence-electron chi connectivity index (χ2n) is 2.80. The zero-order valence-electron chi connectivity index (χ0n) is 5.28. The van der Waals surface area contributed by atoms with E-state index in [-0.39, 0.29) is 4.87 Å². The lowest BCUT2D eigenvalue weighted by atomic mass is 9.90. The Morgan fingerprint density at radius 1 is 1.62 bits per heavy atom. The molecule has 0 saturated heterocycles. The summed E-state index contributed by atoms with van der Waals surface area (Å²) in [5.74, 6) is 0. The number of halogens is 1. The lowest BCUT2D eigenvalue weighted by molar-refractivity contribution is 0.481. The van der Waals surface area contributed by atoms with Crippen molar-refractivity contribution in [2.75, 3.05) is 0 Å². The minimum atomic E-state index is 0.0955. The molecule has 0 nitrogen and oxygen atoms in total. The van der Waals surface area contributed by atoms with E-state index < -0.39 is 0 Å². The van der Waals surface area contributed by atoms with Crippen LogP contribution in [-0.2, 0) is 0 Å². The first-order valence-corrected chi connectivity index (χ1v) is 3.59. The van der Waals surface area contributed by atoms with E-state index in [9.17, 15) is 0 Å². The number of alkyl halides is 1. The Morgan fingerprint density at radius 2 is 2.38 bits per heavy atom. The van der Waals surface area contributed by atoms with E-state index in [1.165, 1.54) is 19.3 Å². The van der Waals surface area contributed by atoms with E-state index in [0.29, 0.717) is 0 Å². The first-order chi connectivity index (χ1) is 3.71. The lowest BCUT2D eigenvalue weighted by Crippen LogP contribution is -2.19. The lowest BCUT2D eigenvalue weighted by Gasteiger charge is -2.25. The first kappa shape index (κ1) is 6.41. The van der Waals surface area contributed by atoms with E-state index in [2.05, 4.69) is 13.3 Å². The smallest absolute Gasteiger partial charge is 0.0421 e. The van der Waals surface area contributed by atoms with Gasteiger partial charge in [0.1, 0.15) is 0 Å². The van der Waals surface area contributed by atoms with Gasteiger partial charge in [0.25, 0.3) is 0 Å². The van der Waals surface area contributed by atoms with Crippen molar-refractivity contribution in [1.29, 1.82) is 0 Å². The van der Waals surface area contributed by atoms with Crippen LogP contribution in [-0.4, -0.2) is 4.87 Å². The summed E-state index contributed by atoms with van der Waals surface area (Å²) in [5.41, 5.74) is 0. The third-order valence-electron chi connectivity index (χ3n) is 1.68. The summed E-state index contributed by atoms with van der Waals surface area (Å²) in [6.45, 7) is 2.12. The van der Waals surface area contributed by atoms with Gasteiger partial charge >= 0.3 is 0 Å². The molecular formula is C7H12Cl. The average molecular weight is 132 g/mol. The van der Waals surface area contributed by atoms with Crippen molar-refractivity contribution in [2.45, 2.75) is 37.5 Å². The van der Waals surface area contributed by atoms with Gasteiger partial charge in [0.15, 0.2) is 0 Å². The SMILES string of the molecule is CC1(Cl)C[CH]CCC1. The molecular weight excluding hydrogens is 120 g/mol. The van der Waals surface area contributed by atoms with Crippen LogP contribution in [0.1, 0.15) is 32.6 Å². The standard InChI is InChI=1S/C7H12Cl/c1-7(8)5-3-2-4-6-7/h3H,2,4-6H2,1H3. The normalized spacial score (nSPS) is 27.8. The Labute approximate surface area is 56.2 Å². The Balaban J connectivity index is 2.33. The van der Waals surface area contributed by atoms with Crippen LogP contribution < -0.4 is 0 Å². The van der Waals surface area contributed by atoms with Crippen molar-refractivity contribution in [3.8, 4) is 0 Å². The van der Waals surface area contributed by atoms with Crippen molar-refractivity contribution in [2.24, 2.45) is 0 Å². The molecule has 1 rings (SSSR count). The van der Waals surface area contributed by atoms with Gasteiger partial charge in [0, 0.05) is 4.87 Å². The van der Waals surface area contributed by atoms with Gasteiger partial charge in [-0.1, -0.05) is 12.8 Å². The molecule has 0 spiro atoms. The van der Waals surface area contributed by atoms with Crippen molar-refractivity contribution in [3.63, 3.8) is 0 Å². The minimum Gasteiger partial charge on any atom is -0.120 e. The Kier molecular flexibility index (Phi) is 1.81. The topological polar surface area (TPSA) is 0 Å². The molecule has 1 heteroatoms. The molecule has 0 amide bonds. The van der Waals surface area contributed by atoms with Crippen LogP contribution >= 0.6 is 11.6 Å². The summed E-state index contributed by atoms with van der Waals surface area (Å²) < 4.78 is 0. The Bertz CT molecular complexity index is 68.5. The second kappa shape index (κ2) is 2.26. The monoisotopic (exact) mass is 131 g/mol. The predicted molar refractivity (Wildman–Crippen MR) is 37.0 cm³/mol. The van der Waals surface area contributed by atoms with E-state index in [4.69, 9.17) is 11.6 Å². The minimum absolute atomic E-state index is 0.0955. The second-order valence-corrected chi connectivity index (χ2v) is 3.71. The highest BCUT2D eigenvalue weighted by molar-refractivity contribution is 6.23. The molecule has 0 aromatic heterocycles. The quantitative estimate of drug-likeness (QED) is 0.444. The third-order valence-corrected chi connectivity index (χ3v) is 2.02. The first-order valence-electron chi connectivity index (χ1n) is 3.21. The van der Waals surface area contributed by atoms with Crippen molar-refractivity contribution >= 4 is 11.6 Å². The molecule has 0 heterocycles. The van der Waals surface area contributed by atoms with Crippen LogP contribution in [0.15, 0.2) is 0 Å². The number of hydrogen-bond acceptors (Lipinski definition) is 0. The van der Waals surface area contributed by atoms with Crippen LogP contribution in [0.4, 0.5) is 0 Å². The van der Waals surface area contributed by atoms with Gasteiger partial charge < -0.3 is 0 Å². The summed E-state index contributed by atoms with van der Waals surface area (Å²) in [4.78, 5) is 0.0955. The Hall–Kier alpha value is 0.290. The van der Waals surface area contributed by atoms with Crippen LogP contribution in [0.3, 0.4) is 0 Å². The van der Waals surface area contributed by atoms with Crippen molar-refractivity contribution < 1.29 is 0 Å². The highest BCUT2D eigenvalue weighted by Gasteiger charge is 2.22. The largest absolute Gasteiger partial charge is 0.120 e. The van der Waals surface area contributed by atoms with Crippen molar-refractivity contribution in [1.82, 2.24) is 0 Å². The molecule has 47 valence electrons. The van der Waals surface area contributed by atoms with Crippen LogP contribution in [0.5, 0.6) is 0 Å². The van der Waals surface area contributed by atoms with Crippen LogP contribution in [0, 0.1) is 6.42 Å². The van der Waals surface area contributed by atoms with Gasteiger partial charge in [0.05, 0.1) is 0 Å². The van der Waals surface area contributed by atoms with Gasteiger partial charge in [-0.2, -0.15) is 0 Å². The molecule has 0 N–H and O–H groups in total. The summed E-state index contributed by atoms with van der Waals surface area (Å²) >= 11 is 6.04. The molecule has 1 unspecified atom stereocenters. The number of rotatable bonds is 0. The highest BCUT2D eigenvalue weighted by Crippen LogP contribution is 2.32. The predicted octanol–water partition coefficient (Wildman–Crippen LogP) is 2.76. The fraction of sp³-hybridized carbons (Fsp3) is 0.857. The van der Waals surface area contributed by atoms with Crippen molar-refractivity contribution in [3.05, 3.63) is 6.42 Å². The van der Waals surface area contributed by atoms with Crippen LogP contribution in [0.2, 0.25) is 0 Å². The van der Waals surface area contributed by atoms with E-state index in [0.717, 1.165) is 6.42 Å². The zero-order chi connectivity index (χ0) is 6.04. The Morgan fingerprint density at radius 3 is 2.62 bits per heavy atom. The molecule has 0 bridgehead atoms. The fourth-order valence-corrected chi connectivity index (χ4v) is 1.36. The van der Waals surface area contributed by atoms with Gasteiger partial charge in [-0.25, -0.2) is 0 Å².